The topological polar surface area (TPSA) is 53.2 Å². The zero-order valence-corrected chi connectivity index (χ0v) is 11.9. The van der Waals surface area contributed by atoms with Crippen molar-refractivity contribution in [3.05, 3.63) is 59.7 Å². The van der Waals surface area contributed by atoms with E-state index in [-0.39, 0.29) is 6.03 Å². The number of nitrogens with one attached hydrogen (secondary N) is 3. The maximum absolute atomic E-state index is 11.9. The van der Waals surface area contributed by atoms with Gasteiger partial charge >= 0.3 is 6.03 Å². The van der Waals surface area contributed by atoms with E-state index in [0.29, 0.717) is 6.54 Å². The van der Waals surface area contributed by atoms with Gasteiger partial charge in [-0.25, -0.2) is 4.79 Å². The third-order valence-corrected chi connectivity index (χ3v) is 3.60. The van der Waals surface area contributed by atoms with E-state index in [1.165, 1.54) is 11.3 Å². The molecule has 1 heterocycles. The highest BCUT2D eigenvalue weighted by atomic mass is 16.2. The third-order valence-electron chi connectivity index (χ3n) is 3.60. The molecule has 0 saturated carbocycles. The number of fused-ring (bicyclic) bond motifs is 1. The third kappa shape index (κ3) is 3.54. The summed E-state index contributed by atoms with van der Waals surface area (Å²) in [6.07, 6.45) is 2.19. The molecule has 0 radical (unpaired) electrons. The van der Waals surface area contributed by atoms with E-state index >= 15 is 0 Å². The van der Waals surface area contributed by atoms with Crippen molar-refractivity contribution >= 4 is 17.4 Å². The fourth-order valence-corrected chi connectivity index (χ4v) is 2.51. The van der Waals surface area contributed by atoms with Gasteiger partial charge in [0, 0.05) is 24.5 Å². The second-order valence-corrected chi connectivity index (χ2v) is 5.20. The molecule has 3 N–H and O–H groups in total. The van der Waals surface area contributed by atoms with Gasteiger partial charge in [-0.3, -0.25) is 0 Å². The Morgan fingerprint density at radius 3 is 2.86 bits per heavy atom. The summed E-state index contributed by atoms with van der Waals surface area (Å²) in [5, 5.41) is 9.11. The summed E-state index contributed by atoms with van der Waals surface area (Å²) in [6.45, 7) is 1.55. The molecule has 2 aromatic carbocycles. The van der Waals surface area contributed by atoms with Crippen molar-refractivity contribution in [1.82, 2.24) is 5.32 Å². The fraction of sp³-hybridized carbons (Fsp3) is 0.235. The lowest BCUT2D eigenvalue weighted by Gasteiger charge is -2.18. The molecule has 2 amide bonds. The van der Waals surface area contributed by atoms with Gasteiger partial charge in [0.1, 0.15) is 0 Å². The number of anilines is 2. The first kappa shape index (κ1) is 13.5. The fourth-order valence-electron chi connectivity index (χ4n) is 2.51. The Morgan fingerprint density at radius 2 is 2.00 bits per heavy atom. The molecule has 108 valence electrons. The lowest BCUT2D eigenvalue weighted by Crippen LogP contribution is -2.28. The average Bonchev–Trinajstić information content (AvgIpc) is 2.54. The number of carbonyl (C=O) groups excluding carboxylic acids is 1. The van der Waals surface area contributed by atoms with Crippen molar-refractivity contribution < 1.29 is 4.79 Å². The summed E-state index contributed by atoms with van der Waals surface area (Å²) in [4.78, 5) is 11.9. The van der Waals surface area contributed by atoms with E-state index in [1.54, 1.807) is 0 Å². The Labute approximate surface area is 124 Å². The maximum atomic E-state index is 11.9. The predicted octanol–water partition coefficient (Wildman–Crippen LogP) is 3.37. The summed E-state index contributed by atoms with van der Waals surface area (Å²) in [7, 11) is 0. The molecular weight excluding hydrogens is 262 g/mol. The Bertz CT molecular complexity index is 625. The largest absolute Gasteiger partial charge is 0.385 e. The van der Waals surface area contributed by atoms with Crippen LogP contribution >= 0.6 is 0 Å². The quantitative estimate of drug-likeness (QED) is 0.808. The summed E-state index contributed by atoms with van der Waals surface area (Å²) in [6, 6.07) is 15.7. The second kappa shape index (κ2) is 6.31. The Hall–Kier alpha value is -2.49. The lowest BCUT2D eigenvalue weighted by atomic mass is 10.0. The molecule has 3 rings (SSSR count). The average molecular weight is 281 g/mol. The van der Waals surface area contributed by atoms with Crippen LogP contribution in [0.25, 0.3) is 0 Å². The molecule has 0 bridgehead atoms. The van der Waals surface area contributed by atoms with Gasteiger partial charge < -0.3 is 16.0 Å². The summed E-state index contributed by atoms with van der Waals surface area (Å²) in [5.74, 6) is 0. The van der Waals surface area contributed by atoms with Gasteiger partial charge in [0.05, 0.1) is 0 Å². The molecule has 0 aliphatic carbocycles. The van der Waals surface area contributed by atoms with Gasteiger partial charge in [0.15, 0.2) is 0 Å². The van der Waals surface area contributed by atoms with Gasteiger partial charge in [-0.05, 0) is 42.2 Å². The minimum Gasteiger partial charge on any atom is -0.385 e. The van der Waals surface area contributed by atoms with Gasteiger partial charge in [0.25, 0.3) is 0 Å². The smallest absolute Gasteiger partial charge is 0.319 e. The molecule has 2 aromatic rings. The minimum absolute atomic E-state index is 0.178. The zero-order chi connectivity index (χ0) is 14.5. The molecule has 4 heteroatoms. The number of amides is 2. The first-order valence-corrected chi connectivity index (χ1v) is 7.27. The van der Waals surface area contributed by atoms with Crippen LogP contribution in [0.3, 0.4) is 0 Å². The number of aryl methyl sites for hydroxylation is 1. The molecule has 0 unspecified atom stereocenters. The van der Waals surface area contributed by atoms with Crippen molar-refractivity contribution in [2.75, 3.05) is 17.2 Å². The number of benzene rings is 2. The van der Waals surface area contributed by atoms with Crippen LogP contribution in [0.4, 0.5) is 16.2 Å². The minimum atomic E-state index is -0.178. The summed E-state index contributed by atoms with van der Waals surface area (Å²) >= 11 is 0. The number of hydrogen-bond donors (Lipinski definition) is 3. The van der Waals surface area contributed by atoms with Crippen LogP contribution in [0, 0.1) is 0 Å². The van der Waals surface area contributed by atoms with Crippen molar-refractivity contribution in [3.8, 4) is 0 Å². The molecule has 1 aliphatic rings. The van der Waals surface area contributed by atoms with Crippen LogP contribution in [0.5, 0.6) is 0 Å². The number of rotatable bonds is 3. The summed E-state index contributed by atoms with van der Waals surface area (Å²) in [5.41, 5.74) is 4.36. The van der Waals surface area contributed by atoms with Crippen LogP contribution < -0.4 is 16.0 Å². The highest BCUT2D eigenvalue weighted by molar-refractivity contribution is 5.89. The summed E-state index contributed by atoms with van der Waals surface area (Å²) < 4.78 is 0. The van der Waals surface area contributed by atoms with E-state index in [1.807, 2.05) is 48.5 Å². The molecule has 0 spiro atoms. The van der Waals surface area contributed by atoms with Crippen molar-refractivity contribution in [3.63, 3.8) is 0 Å². The molecule has 1 aliphatic heterocycles. The van der Waals surface area contributed by atoms with Crippen LogP contribution in [0.2, 0.25) is 0 Å². The van der Waals surface area contributed by atoms with Crippen LogP contribution in [0.15, 0.2) is 48.5 Å². The standard InChI is InChI=1S/C17H19N3O/c21-17(19-12-13-5-2-1-3-6-13)20-15-8-9-16-14(11-15)7-4-10-18-16/h1-3,5-6,8-9,11,18H,4,7,10,12H2,(H2,19,20,21). The first-order valence-electron chi connectivity index (χ1n) is 7.27. The monoisotopic (exact) mass is 281 g/mol. The Balaban J connectivity index is 1.57. The number of hydrogen-bond acceptors (Lipinski definition) is 2. The highest BCUT2D eigenvalue weighted by Crippen LogP contribution is 2.24. The maximum Gasteiger partial charge on any atom is 0.319 e. The Kier molecular flexibility index (Phi) is 4.05. The molecule has 0 atom stereocenters. The molecule has 21 heavy (non-hydrogen) atoms. The second-order valence-electron chi connectivity index (χ2n) is 5.20. The number of urea groups is 1. The van der Waals surface area contributed by atoms with Gasteiger partial charge in [0.2, 0.25) is 0 Å². The van der Waals surface area contributed by atoms with Gasteiger partial charge in [-0.2, -0.15) is 0 Å². The normalized spacial score (nSPS) is 13.0. The van der Waals surface area contributed by atoms with Crippen molar-refractivity contribution in [2.45, 2.75) is 19.4 Å². The van der Waals surface area contributed by atoms with E-state index < -0.39 is 0 Å². The van der Waals surface area contributed by atoms with E-state index in [0.717, 1.165) is 30.6 Å². The van der Waals surface area contributed by atoms with E-state index in [2.05, 4.69) is 16.0 Å². The van der Waals surface area contributed by atoms with Crippen LogP contribution in [0.1, 0.15) is 17.5 Å². The van der Waals surface area contributed by atoms with Crippen molar-refractivity contribution in [2.24, 2.45) is 0 Å². The Morgan fingerprint density at radius 1 is 1.14 bits per heavy atom. The number of carbonyl (C=O) groups is 1. The van der Waals surface area contributed by atoms with Crippen LogP contribution in [-0.2, 0) is 13.0 Å². The molecular formula is C17H19N3O. The SMILES string of the molecule is O=C(NCc1ccccc1)Nc1ccc2c(c1)CCCN2. The van der Waals surface area contributed by atoms with E-state index in [9.17, 15) is 4.79 Å². The van der Waals surface area contributed by atoms with Crippen molar-refractivity contribution in [1.29, 1.82) is 0 Å². The van der Waals surface area contributed by atoms with E-state index in [4.69, 9.17) is 0 Å². The van der Waals surface area contributed by atoms with Gasteiger partial charge in [-0.15, -0.1) is 0 Å². The van der Waals surface area contributed by atoms with Gasteiger partial charge in [-0.1, -0.05) is 30.3 Å². The van der Waals surface area contributed by atoms with Crippen LogP contribution in [-0.4, -0.2) is 12.6 Å². The molecule has 0 saturated heterocycles. The lowest BCUT2D eigenvalue weighted by molar-refractivity contribution is 0.251. The molecule has 0 aromatic heterocycles. The molecule has 0 fully saturated rings. The first-order chi connectivity index (χ1) is 10.3. The predicted molar refractivity (Wildman–Crippen MR) is 85.6 cm³/mol. The highest BCUT2D eigenvalue weighted by Gasteiger charge is 2.09. The molecule has 4 nitrogen and oxygen atoms in total. The zero-order valence-electron chi connectivity index (χ0n) is 11.9.